The normalized spacial score (nSPS) is 26.8. The molecule has 2 atom stereocenters. The third-order valence-electron chi connectivity index (χ3n) is 4.62. The molecule has 2 saturated heterocycles. The Balaban J connectivity index is 1.57. The van der Waals surface area contributed by atoms with Crippen molar-refractivity contribution in [3.63, 3.8) is 0 Å². The number of pyridine rings is 1. The van der Waals surface area contributed by atoms with Crippen molar-refractivity contribution < 1.29 is 9.59 Å². The van der Waals surface area contributed by atoms with E-state index in [4.69, 9.17) is 0 Å². The Hall–Kier alpha value is -2.09. The van der Waals surface area contributed by atoms with Gasteiger partial charge >= 0.3 is 0 Å². The molecule has 2 amide bonds. The van der Waals surface area contributed by atoms with Crippen LogP contribution >= 0.6 is 11.8 Å². The second kappa shape index (κ2) is 4.95. The largest absolute Gasteiger partial charge is 0.323 e. The maximum Gasteiger partial charge on any atom is 0.248 e. The number of thioether (sulfide) groups is 1. The summed E-state index contributed by atoms with van der Waals surface area (Å²) < 4.78 is 0. The van der Waals surface area contributed by atoms with E-state index in [0.29, 0.717) is 23.5 Å². The summed E-state index contributed by atoms with van der Waals surface area (Å²) in [5.74, 6) is 0.546. The minimum atomic E-state index is -0.416. The van der Waals surface area contributed by atoms with Crippen LogP contribution < -0.4 is 5.32 Å². The molecule has 2 aliphatic heterocycles. The highest BCUT2D eigenvalue weighted by atomic mass is 32.2. The van der Waals surface area contributed by atoms with Gasteiger partial charge in [-0.2, -0.15) is 5.10 Å². The van der Waals surface area contributed by atoms with Crippen LogP contribution in [-0.2, 0) is 9.59 Å². The van der Waals surface area contributed by atoms with Gasteiger partial charge in [0, 0.05) is 23.3 Å². The zero-order chi connectivity index (χ0) is 16.2. The van der Waals surface area contributed by atoms with Crippen LogP contribution in [0.5, 0.6) is 0 Å². The highest BCUT2D eigenvalue weighted by Crippen LogP contribution is 2.47. The summed E-state index contributed by atoms with van der Waals surface area (Å²) >= 11 is 1.69. The Morgan fingerprint density at radius 2 is 2.39 bits per heavy atom. The number of nitrogens with one attached hydrogen (secondary N) is 2. The molecule has 0 aliphatic carbocycles. The van der Waals surface area contributed by atoms with Crippen LogP contribution in [-0.4, -0.2) is 48.6 Å². The number of aromatic amines is 1. The fourth-order valence-corrected chi connectivity index (χ4v) is 4.76. The zero-order valence-corrected chi connectivity index (χ0v) is 13.7. The van der Waals surface area contributed by atoms with Gasteiger partial charge in [0.15, 0.2) is 5.65 Å². The van der Waals surface area contributed by atoms with Crippen LogP contribution in [0.4, 0.5) is 5.69 Å². The van der Waals surface area contributed by atoms with Gasteiger partial charge in [0.2, 0.25) is 11.8 Å². The van der Waals surface area contributed by atoms with Gasteiger partial charge in [-0.05, 0) is 26.3 Å². The van der Waals surface area contributed by atoms with Gasteiger partial charge < -0.3 is 10.2 Å². The van der Waals surface area contributed by atoms with Crippen LogP contribution in [0.2, 0.25) is 0 Å². The summed E-state index contributed by atoms with van der Waals surface area (Å²) in [7, 11) is 0. The molecule has 2 aromatic rings. The first-order chi connectivity index (χ1) is 11.0. The van der Waals surface area contributed by atoms with Crippen molar-refractivity contribution in [2.24, 2.45) is 0 Å². The molecule has 0 bridgehead atoms. The van der Waals surface area contributed by atoms with Crippen molar-refractivity contribution in [1.29, 1.82) is 0 Å². The second-order valence-corrected chi connectivity index (χ2v) is 7.70. The molecule has 23 heavy (non-hydrogen) atoms. The molecular formula is C15H17N5O2S. The lowest BCUT2D eigenvalue weighted by Gasteiger charge is -2.29. The molecule has 0 saturated carbocycles. The molecule has 0 unspecified atom stereocenters. The van der Waals surface area contributed by atoms with Gasteiger partial charge in [0.25, 0.3) is 0 Å². The summed E-state index contributed by atoms with van der Waals surface area (Å²) in [4.78, 5) is 30.5. The second-order valence-electron chi connectivity index (χ2n) is 6.20. The number of hydrogen-bond acceptors (Lipinski definition) is 5. The fraction of sp³-hybridized carbons (Fsp3) is 0.467. The average molecular weight is 331 g/mol. The van der Waals surface area contributed by atoms with Gasteiger partial charge in [-0.25, -0.2) is 4.98 Å². The predicted molar refractivity (Wildman–Crippen MR) is 88.0 cm³/mol. The Kier molecular flexibility index (Phi) is 3.12. The van der Waals surface area contributed by atoms with Crippen LogP contribution in [0.15, 0.2) is 12.3 Å². The van der Waals surface area contributed by atoms with Crippen molar-refractivity contribution in [3.05, 3.63) is 18.0 Å². The van der Waals surface area contributed by atoms with E-state index in [2.05, 4.69) is 20.5 Å². The fourth-order valence-electron chi connectivity index (χ4n) is 3.33. The molecule has 4 heterocycles. The van der Waals surface area contributed by atoms with E-state index in [-0.39, 0.29) is 16.7 Å². The quantitative estimate of drug-likeness (QED) is 0.873. The van der Waals surface area contributed by atoms with Crippen molar-refractivity contribution in [2.45, 2.75) is 37.6 Å². The SMILES string of the molecule is Cc1[nH]nc2ncc(NC(=O)[C@H]3CS[C@]4(C)CCC(=O)N34)cc12. The monoisotopic (exact) mass is 331 g/mol. The number of anilines is 1. The molecule has 4 rings (SSSR count). The Morgan fingerprint density at radius 3 is 3.22 bits per heavy atom. The molecule has 120 valence electrons. The van der Waals surface area contributed by atoms with Gasteiger partial charge in [-0.15, -0.1) is 11.8 Å². The number of fused-ring (bicyclic) bond motifs is 2. The van der Waals surface area contributed by atoms with E-state index in [0.717, 1.165) is 17.5 Å². The van der Waals surface area contributed by atoms with Crippen LogP contribution in [0, 0.1) is 6.92 Å². The van der Waals surface area contributed by atoms with Crippen molar-refractivity contribution in [1.82, 2.24) is 20.1 Å². The summed E-state index contributed by atoms with van der Waals surface area (Å²) in [5, 5.41) is 10.7. The molecule has 0 aromatic carbocycles. The van der Waals surface area contributed by atoms with E-state index in [1.54, 1.807) is 22.9 Å². The number of carbonyl (C=O) groups excluding carboxylic acids is 2. The van der Waals surface area contributed by atoms with Crippen LogP contribution in [0.1, 0.15) is 25.5 Å². The molecule has 0 spiro atoms. The zero-order valence-electron chi connectivity index (χ0n) is 12.9. The van der Waals surface area contributed by atoms with Crippen LogP contribution in [0.3, 0.4) is 0 Å². The summed E-state index contributed by atoms with van der Waals surface area (Å²) in [5.41, 5.74) is 2.15. The van der Waals surface area contributed by atoms with E-state index in [1.807, 2.05) is 19.9 Å². The highest BCUT2D eigenvalue weighted by molar-refractivity contribution is 8.01. The topological polar surface area (TPSA) is 91.0 Å². The molecule has 0 radical (unpaired) electrons. The molecule has 8 heteroatoms. The third-order valence-corrected chi connectivity index (χ3v) is 6.12. The highest BCUT2D eigenvalue weighted by Gasteiger charge is 2.52. The number of carbonyl (C=O) groups is 2. The Labute approximate surface area is 137 Å². The minimum absolute atomic E-state index is 0.0666. The van der Waals surface area contributed by atoms with Crippen molar-refractivity contribution in [3.8, 4) is 0 Å². The summed E-state index contributed by atoms with van der Waals surface area (Å²) in [6.07, 6.45) is 2.92. The van der Waals surface area contributed by atoms with Gasteiger partial charge in [-0.1, -0.05) is 0 Å². The maximum atomic E-state index is 12.6. The van der Waals surface area contributed by atoms with Gasteiger partial charge in [0.05, 0.1) is 16.8 Å². The molecule has 2 aliphatic rings. The number of rotatable bonds is 2. The number of aryl methyl sites for hydroxylation is 1. The molecule has 7 nitrogen and oxygen atoms in total. The first-order valence-electron chi connectivity index (χ1n) is 7.56. The Bertz CT molecular complexity index is 819. The minimum Gasteiger partial charge on any atom is -0.323 e. The molecule has 2 N–H and O–H groups in total. The predicted octanol–water partition coefficient (Wildman–Crippen LogP) is 1.66. The van der Waals surface area contributed by atoms with E-state index in [1.165, 1.54) is 0 Å². The number of nitrogens with zero attached hydrogens (tertiary/aromatic N) is 3. The molecule has 2 fully saturated rings. The van der Waals surface area contributed by atoms with Crippen molar-refractivity contribution >= 4 is 40.3 Å². The van der Waals surface area contributed by atoms with Crippen LogP contribution in [0.25, 0.3) is 11.0 Å². The maximum absolute atomic E-state index is 12.6. The first-order valence-corrected chi connectivity index (χ1v) is 8.54. The van der Waals surface area contributed by atoms with Crippen molar-refractivity contribution in [2.75, 3.05) is 11.1 Å². The summed E-state index contributed by atoms with van der Waals surface area (Å²) in [6.45, 7) is 3.95. The number of amides is 2. The van der Waals surface area contributed by atoms with Gasteiger partial charge in [-0.3, -0.25) is 14.7 Å². The third kappa shape index (κ3) is 2.20. The average Bonchev–Trinajstić information content (AvgIpc) is 3.14. The number of aromatic nitrogens is 3. The number of hydrogen-bond donors (Lipinski definition) is 2. The van der Waals surface area contributed by atoms with Gasteiger partial charge in [0.1, 0.15) is 6.04 Å². The standard InChI is InChI=1S/C15H17N5O2S/c1-8-10-5-9(6-16-13(10)19-18-8)17-14(22)11-7-23-15(2)4-3-12(21)20(11)15/h5-6,11H,3-4,7H2,1-2H3,(H,17,22)(H,16,18,19)/t11-,15-/m1/s1. The summed E-state index contributed by atoms with van der Waals surface area (Å²) in [6, 6.07) is 1.44. The Morgan fingerprint density at radius 1 is 1.57 bits per heavy atom. The number of H-pyrrole nitrogens is 1. The molecule has 2 aromatic heterocycles. The smallest absolute Gasteiger partial charge is 0.248 e. The van der Waals surface area contributed by atoms with E-state index >= 15 is 0 Å². The first kappa shape index (κ1) is 14.5. The lowest BCUT2D eigenvalue weighted by Crippen LogP contribution is -2.48. The van der Waals surface area contributed by atoms with E-state index in [9.17, 15) is 9.59 Å². The lowest BCUT2D eigenvalue weighted by molar-refractivity contribution is -0.135. The molecular weight excluding hydrogens is 314 g/mol. The lowest BCUT2D eigenvalue weighted by atomic mass is 10.2. The van der Waals surface area contributed by atoms with E-state index < -0.39 is 6.04 Å².